The summed E-state index contributed by atoms with van der Waals surface area (Å²) in [7, 11) is 0. The number of nitrogens with two attached hydrogens (primary N) is 1. The Morgan fingerprint density at radius 1 is 1.10 bits per heavy atom. The Balaban J connectivity index is 1.05. The number of anilines is 1. The monoisotopic (exact) mass is 573 g/mol. The number of likely N-dealkylation sites (tertiary alicyclic amines) is 1. The Labute approximate surface area is 243 Å². The van der Waals surface area contributed by atoms with Gasteiger partial charge in [0.05, 0.1) is 18.7 Å². The highest BCUT2D eigenvalue weighted by atomic mass is 16.5. The zero-order valence-electron chi connectivity index (χ0n) is 23.4. The summed E-state index contributed by atoms with van der Waals surface area (Å²) < 4.78 is 11.8. The fourth-order valence-corrected chi connectivity index (χ4v) is 6.08. The Morgan fingerprint density at radius 3 is 2.71 bits per heavy atom. The maximum absolute atomic E-state index is 12.9. The van der Waals surface area contributed by atoms with Crippen LogP contribution < -0.4 is 15.4 Å². The first kappa shape index (κ1) is 27.9. The van der Waals surface area contributed by atoms with Crippen molar-refractivity contribution in [1.29, 1.82) is 0 Å². The van der Waals surface area contributed by atoms with Gasteiger partial charge in [-0.1, -0.05) is 6.07 Å². The van der Waals surface area contributed by atoms with E-state index in [4.69, 9.17) is 25.3 Å². The van der Waals surface area contributed by atoms with Crippen LogP contribution in [-0.4, -0.2) is 89.2 Å². The molecule has 0 spiro atoms. The number of pyridine rings is 1. The summed E-state index contributed by atoms with van der Waals surface area (Å²) in [5.74, 6) is -0.403. The molecule has 3 N–H and O–H groups in total. The number of aromatic nitrogens is 1. The molecule has 0 radical (unpaired) electrons. The van der Waals surface area contributed by atoms with Crippen molar-refractivity contribution in [1.82, 2.24) is 14.8 Å². The lowest BCUT2D eigenvalue weighted by Gasteiger charge is -2.28. The normalized spacial score (nSPS) is 19.7. The smallest absolute Gasteiger partial charge is 0.303 e. The van der Waals surface area contributed by atoms with Crippen LogP contribution in [0, 0.1) is 0 Å². The quantitative estimate of drug-likeness (QED) is 0.374. The van der Waals surface area contributed by atoms with E-state index in [9.17, 15) is 14.4 Å². The highest BCUT2D eigenvalue weighted by Crippen LogP contribution is 2.31. The van der Waals surface area contributed by atoms with Gasteiger partial charge >= 0.3 is 5.97 Å². The number of carbonyl (C=O) groups excluding carboxylic acids is 2. The minimum atomic E-state index is -1.04. The van der Waals surface area contributed by atoms with Crippen LogP contribution >= 0.6 is 0 Å². The van der Waals surface area contributed by atoms with Crippen molar-refractivity contribution in [2.75, 3.05) is 44.3 Å². The molecule has 0 bridgehead atoms. The standard InChI is InChI=1S/C31H35N5O6/c32-30(39)27(6-8-29(37)38)36-18-22-16-23(3-4-25(22)31(36)40)42-24-9-10-34(19-24)17-20-1-5-26-21(15-20)2-7-28(33-26)35-11-13-41-14-12-35/h1-5,7,15-16,24,27H,6,8-14,17-19H2,(H2,32,39)(H,37,38). The van der Waals surface area contributed by atoms with E-state index in [0.717, 1.165) is 74.6 Å². The zero-order chi connectivity index (χ0) is 29.2. The number of hydrogen-bond acceptors (Lipinski definition) is 8. The number of carbonyl (C=O) groups is 3. The summed E-state index contributed by atoms with van der Waals surface area (Å²) in [5, 5.41) is 10.1. The summed E-state index contributed by atoms with van der Waals surface area (Å²) in [5.41, 5.74) is 8.95. The highest BCUT2D eigenvalue weighted by Gasteiger charge is 2.36. The summed E-state index contributed by atoms with van der Waals surface area (Å²) in [6.45, 7) is 5.91. The number of aliphatic carboxylic acids is 1. The van der Waals surface area contributed by atoms with E-state index in [1.807, 2.05) is 6.07 Å². The molecule has 6 rings (SSSR count). The van der Waals surface area contributed by atoms with Gasteiger partial charge in [-0.2, -0.15) is 0 Å². The van der Waals surface area contributed by atoms with Crippen molar-refractivity contribution < 1.29 is 29.0 Å². The predicted octanol–water partition coefficient (Wildman–Crippen LogP) is 2.40. The Hall–Kier alpha value is -4.22. The number of nitrogens with zero attached hydrogens (tertiary/aromatic N) is 4. The average molecular weight is 574 g/mol. The van der Waals surface area contributed by atoms with Gasteiger partial charge in [-0.25, -0.2) is 4.98 Å². The number of ether oxygens (including phenoxy) is 2. The molecule has 3 aliphatic rings. The van der Waals surface area contributed by atoms with Crippen LogP contribution in [0.15, 0.2) is 48.5 Å². The topological polar surface area (TPSA) is 139 Å². The van der Waals surface area contributed by atoms with Crippen LogP contribution in [0.4, 0.5) is 5.82 Å². The Bertz CT molecular complexity index is 1510. The first-order valence-corrected chi connectivity index (χ1v) is 14.4. The molecule has 42 heavy (non-hydrogen) atoms. The van der Waals surface area contributed by atoms with E-state index in [-0.39, 0.29) is 31.4 Å². The largest absolute Gasteiger partial charge is 0.489 e. The molecular weight excluding hydrogens is 538 g/mol. The number of fused-ring (bicyclic) bond motifs is 2. The maximum Gasteiger partial charge on any atom is 0.303 e. The number of carboxylic acids is 1. The molecule has 0 saturated carbocycles. The number of carboxylic acid groups (broad SMARTS) is 1. The van der Waals surface area contributed by atoms with Gasteiger partial charge in [-0.05, 0) is 66.4 Å². The van der Waals surface area contributed by atoms with Crippen LogP contribution in [0.5, 0.6) is 5.75 Å². The predicted molar refractivity (Wildman–Crippen MR) is 155 cm³/mol. The molecule has 2 aromatic carbocycles. The first-order chi connectivity index (χ1) is 20.3. The molecular formula is C31H35N5O6. The van der Waals surface area contributed by atoms with Crippen LogP contribution in [0.1, 0.15) is 40.7 Å². The second kappa shape index (κ2) is 11.9. The zero-order valence-corrected chi connectivity index (χ0v) is 23.4. The summed E-state index contributed by atoms with van der Waals surface area (Å²) in [4.78, 5) is 46.8. The first-order valence-electron chi connectivity index (χ1n) is 14.4. The van der Waals surface area contributed by atoms with Crippen LogP contribution in [-0.2, 0) is 27.4 Å². The van der Waals surface area contributed by atoms with E-state index in [2.05, 4.69) is 40.1 Å². The van der Waals surface area contributed by atoms with E-state index >= 15 is 0 Å². The fourth-order valence-electron chi connectivity index (χ4n) is 6.08. The van der Waals surface area contributed by atoms with E-state index < -0.39 is 17.9 Å². The lowest BCUT2D eigenvalue weighted by molar-refractivity contribution is -0.137. The number of primary amides is 1. The number of morpholine rings is 1. The molecule has 11 heteroatoms. The highest BCUT2D eigenvalue weighted by molar-refractivity contribution is 6.01. The van der Waals surface area contributed by atoms with Crippen LogP contribution in [0.2, 0.25) is 0 Å². The number of rotatable bonds is 10. The lowest BCUT2D eigenvalue weighted by Crippen LogP contribution is -2.45. The van der Waals surface area contributed by atoms with Crippen molar-refractivity contribution in [3.05, 3.63) is 65.2 Å². The van der Waals surface area contributed by atoms with Gasteiger partial charge in [0.25, 0.3) is 5.91 Å². The second-order valence-electron chi connectivity index (χ2n) is 11.2. The van der Waals surface area contributed by atoms with Gasteiger partial charge in [-0.3, -0.25) is 19.3 Å². The number of amides is 2. The SMILES string of the molecule is NC(=O)C(CCC(=O)O)N1Cc2cc(OC3CCN(Cc4ccc5nc(N6CCOCC6)ccc5c4)C3)ccc2C1=O. The molecule has 3 aliphatic heterocycles. The molecule has 2 unspecified atom stereocenters. The van der Waals surface area contributed by atoms with Gasteiger partial charge in [-0.15, -0.1) is 0 Å². The van der Waals surface area contributed by atoms with Gasteiger partial charge in [0, 0.05) is 56.6 Å². The van der Waals surface area contributed by atoms with E-state index in [0.29, 0.717) is 11.3 Å². The average Bonchev–Trinajstić information content (AvgIpc) is 3.56. The van der Waals surface area contributed by atoms with E-state index in [1.165, 1.54) is 10.5 Å². The molecule has 2 fully saturated rings. The lowest BCUT2D eigenvalue weighted by atomic mass is 10.1. The molecule has 11 nitrogen and oxygen atoms in total. The van der Waals surface area contributed by atoms with E-state index in [1.54, 1.807) is 12.1 Å². The van der Waals surface area contributed by atoms with Crippen molar-refractivity contribution >= 4 is 34.5 Å². The van der Waals surface area contributed by atoms with Crippen molar-refractivity contribution in [2.45, 2.75) is 44.5 Å². The number of benzene rings is 2. The van der Waals surface area contributed by atoms with Crippen LogP contribution in [0.25, 0.3) is 10.9 Å². The van der Waals surface area contributed by atoms with Gasteiger partial charge < -0.3 is 30.1 Å². The minimum absolute atomic E-state index is 0.0170. The Morgan fingerprint density at radius 2 is 1.93 bits per heavy atom. The molecule has 0 aliphatic carbocycles. The minimum Gasteiger partial charge on any atom is -0.489 e. The van der Waals surface area contributed by atoms with Gasteiger partial charge in [0.2, 0.25) is 5.91 Å². The fraction of sp³-hybridized carbons (Fsp3) is 0.419. The summed E-state index contributed by atoms with van der Waals surface area (Å²) >= 11 is 0. The van der Waals surface area contributed by atoms with Crippen molar-refractivity contribution in [3.8, 4) is 5.75 Å². The van der Waals surface area contributed by atoms with Crippen LogP contribution in [0.3, 0.4) is 0 Å². The third kappa shape index (κ3) is 6.02. The summed E-state index contributed by atoms with van der Waals surface area (Å²) in [6.07, 6.45) is 0.642. The molecule has 4 heterocycles. The van der Waals surface area contributed by atoms with Gasteiger partial charge in [0.15, 0.2) is 0 Å². The maximum atomic E-state index is 12.9. The molecule has 2 atom stereocenters. The third-order valence-electron chi connectivity index (χ3n) is 8.26. The molecule has 3 aromatic rings. The molecule has 1 aromatic heterocycles. The van der Waals surface area contributed by atoms with Gasteiger partial charge in [0.1, 0.15) is 23.7 Å². The number of hydrogen-bond donors (Lipinski definition) is 2. The molecule has 2 saturated heterocycles. The molecule has 220 valence electrons. The second-order valence-corrected chi connectivity index (χ2v) is 11.2. The summed E-state index contributed by atoms with van der Waals surface area (Å²) in [6, 6.07) is 15.0. The van der Waals surface area contributed by atoms with Crippen molar-refractivity contribution in [3.63, 3.8) is 0 Å². The Kier molecular flexibility index (Phi) is 7.94. The molecule has 2 amide bonds. The van der Waals surface area contributed by atoms with Crippen molar-refractivity contribution in [2.24, 2.45) is 5.73 Å². The third-order valence-corrected chi connectivity index (χ3v) is 8.26.